The molecular formula is C18H17NOS. The average Bonchev–Trinajstić information content (AvgIpc) is 3.04. The van der Waals surface area contributed by atoms with Gasteiger partial charge >= 0.3 is 0 Å². The Morgan fingerprint density at radius 3 is 2.29 bits per heavy atom. The molecular weight excluding hydrogens is 278 g/mol. The third kappa shape index (κ3) is 3.51. The van der Waals surface area contributed by atoms with Gasteiger partial charge in [0.15, 0.2) is 0 Å². The molecule has 0 spiro atoms. The molecule has 0 saturated carbocycles. The first-order chi connectivity index (χ1) is 10.3. The van der Waals surface area contributed by atoms with Gasteiger partial charge in [0.2, 0.25) is 0 Å². The fraction of sp³-hybridized carbons (Fsp3) is 0.111. The molecule has 1 aromatic heterocycles. The maximum atomic E-state index is 9.47. The third-order valence-corrected chi connectivity index (χ3v) is 4.18. The molecule has 106 valence electrons. The topological polar surface area (TPSA) is 32.3 Å². The minimum atomic E-state index is 0.117. The predicted molar refractivity (Wildman–Crippen MR) is 87.6 cm³/mol. The summed E-state index contributed by atoms with van der Waals surface area (Å²) in [5.41, 5.74) is 3.66. The molecule has 0 amide bonds. The van der Waals surface area contributed by atoms with Crippen LogP contribution in [0.25, 0.3) is 0 Å². The molecule has 1 atom stereocenters. The van der Waals surface area contributed by atoms with Gasteiger partial charge in [-0.25, -0.2) is 0 Å². The van der Waals surface area contributed by atoms with Gasteiger partial charge in [-0.15, -0.1) is 0 Å². The number of rotatable bonds is 5. The smallest absolute Gasteiger partial charge is 0.115 e. The SMILES string of the molecule is Oc1ccc([C@H](NCc2ccsc2)c2ccccc2)cc1. The van der Waals surface area contributed by atoms with E-state index in [4.69, 9.17) is 0 Å². The fourth-order valence-corrected chi connectivity index (χ4v) is 3.02. The maximum Gasteiger partial charge on any atom is 0.115 e. The van der Waals surface area contributed by atoms with E-state index in [1.54, 1.807) is 23.5 Å². The van der Waals surface area contributed by atoms with Crippen molar-refractivity contribution in [2.45, 2.75) is 12.6 Å². The molecule has 3 heteroatoms. The average molecular weight is 295 g/mol. The highest BCUT2D eigenvalue weighted by Crippen LogP contribution is 2.24. The first-order valence-electron chi connectivity index (χ1n) is 6.91. The zero-order valence-electron chi connectivity index (χ0n) is 11.6. The quantitative estimate of drug-likeness (QED) is 0.734. The van der Waals surface area contributed by atoms with Crippen LogP contribution in [0.2, 0.25) is 0 Å². The van der Waals surface area contributed by atoms with E-state index in [2.05, 4.69) is 46.4 Å². The molecule has 0 fully saturated rings. The summed E-state index contributed by atoms with van der Waals surface area (Å²) >= 11 is 1.71. The third-order valence-electron chi connectivity index (χ3n) is 3.45. The molecule has 1 heterocycles. The molecule has 3 aromatic rings. The molecule has 0 unspecified atom stereocenters. The number of hydrogen-bond acceptors (Lipinski definition) is 3. The van der Waals surface area contributed by atoms with Crippen LogP contribution in [-0.4, -0.2) is 5.11 Å². The highest BCUT2D eigenvalue weighted by atomic mass is 32.1. The maximum absolute atomic E-state index is 9.47. The van der Waals surface area contributed by atoms with Crippen LogP contribution in [0, 0.1) is 0 Å². The molecule has 21 heavy (non-hydrogen) atoms. The second kappa shape index (κ2) is 6.57. The predicted octanol–water partition coefficient (Wildman–Crippen LogP) is 4.33. The van der Waals surface area contributed by atoms with Crippen molar-refractivity contribution in [3.05, 3.63) is 88.1 Å². The lowest BCUT2D eigenvalue weighted by atomic mass is 9.98. The number of aromatic hydroxyl groups is 1. The van der Waals surface area contributed by atoms with Crippen LogP contribution in [0.3, 0.4) is 0 Å². The van der Waals surface area contributed by atoms with Crippen molar-refractivity contribution in [1.29, 1.82) is 0 Å². The van der Waals surface area contributed by atoms with Gasteiger partial charge in [-0.1, -0.05) is 42.5 Å². The van der Waals surface area contributed by atoms with Gasteiger partial charge in [0.25, 0.3) is 0 Å². The summed E-state index contributed by atoms with van der Waals surface area (Å²) in [6.45, 7) is 0.823. The lowest BCUT2D eigenvalue weighted by Crippen LogP contribution is -2.21. The van der Waals surface area contributed by atoms with Crippen LogP contribution < -0.4 is 5.32 Å². The summed E-state index contributed by atoms with van der Waals surface area (Å²) in [5, 5.41) is 17.3. The van der Waals surface area contributed by atoms with E-state index >= 15 is 0 Å². The van der Waals surface area contributed by atoms with E-state index in [0.29, 0.717) is 5.75 Å². The lowest BCUT2D eigenvalue weighted by Gasteiger charge is -2.19. The Kier molecular flexibility index (Phi) is 4.34. The molecule has 0 aliphatic rings. The van der Waals surface area contributed by atoms with E-state index in [1.807, 2.05) is 18.2 Å². The summed E-state index contributed by atoms with van der Waals surface area (Å²) in [6.07, 6.45) is 0. The van der Waals surface area contributed by atoms with Crippen LogP contribution in [0.5, 0.6) is 5.75 Å². The van der Waals surface area contributed by atoms with Crippen molar-refractivity contribution < 1.29 is 5.11 Å². The van der Waals surface area contributed by atoms with Crippen molar-refractivity contribution in [2.24, 2.45) is 0 Å². The lowest BCUT2D eigenvalue weighted by molar-refractivity contribution is 0.474. The van der Waals surface area contributed by atoms with E-state index in [1.165, 1.54) is 11.1 Å². The number of phenols is 1. The molecule has 0 aliphatic carbocycles. The van der Waals surface area contributed by atoms with Crippen molar-refractivity contribution in [3.63, 3.8) is 0 Å². The van der Waals surface area contributed by atoms with Crippen molar-refractivity contribution in [3.8, 4) is 5.75 Å². The normalized spacial score (nSPS) is 12.2. The Morgan fingerprint density at radius 2 is 1.62 bits per heavy atom. The Labute approximate surface area is 128 Å². The Morgan fingerprint density at radius 1 is 0.905 bits per heavy atom. The molecule has 0 saturated heterocycles. The van der Waals surface area contributed by atoms with Crippen LogP contribution >= 0.6 is 11.3 Å². The zero-order chi connectivity index (χ0) is 14.5. The van der Waals surface area contributed by atoms with Gasteiger partial charge in [0.1, 0.15) is 5.75 Å². The van der Waals surface area contributed by atoms with E-state index < -0.39 is 0 Å². The molecule has 2 aromatic carbocycles. The monoisotopic (exact) mass is 295 g/mol. The number of thiophene rings is 1. The van der Waals surface area contributed by atoms with Gasteiger partial charge in [0, 0.05) is 6.54 Å². The summed E-state index contributed by atoms with van der Waals surface area (Å²) in [4.78, 5) is 0. The first kappa shape index (κ1) is 13.9. The first-order valence-corrected chi connectivity index (χ1v) is 7.85. The van der Waals surface area contributed by atoms with E-state index in [9.17, 15) is 5.11 Å². The summed E-state index contributed by atoms with van der Waals surface area (Å²) < 4.78 is 0. The Bertz CT molecular complexity index is 662. The second-order valence-corrected chi connectivity index (χ2v) is 5.73. The Hall–Kier alpha value is -2.10. The number of phenolic OH excluding ortho intramolecular Hbond substituents is 1. The van der Waals surface area contributed by atoms with Gasteiger partial charge < -0.3 is 10.4 Å². The van der Waals surface area contributed by atoms with Crippen molar-refractivity contribution >= 4 is 11.3 Å². The molecule has 3 rings (SSSR count). The molecule has 2 nitrogen and oxygen atoms in total. The summed E-state index contributed by atoms with van der Waals surface area (Å²) in [5.74, 6) is 0.295. The largest absolute Gasteiger partial charge is 0.508 e. The van der Waals surface area contributed by atoms with E-state index in [-0.39, 0.29) is 6.04 Å². The van der Waals surface area contributed by atoms with E-state index in [0.717, 1.165) is 12.1 Å². The molecule has 0 aliphatic heterocycles. The van der Waals surface area contributed by atoms with Crippen LogP contribution in [0.1, 0.15) is 22.7 Å². The summed E-state index contributed by atoms with van der Waals surface area (Å²) in [6, 6.07) is 20.0. The van der Waals surface area contributed by atoms with Crippen LogP contribution in [0.15, 0.2) is 71.4 Å². The summed E-state index contributed by atoms with van der Waals surface area (Å²) in [7, 11) is 0. The standard InChI is InChI=1S/C18H17NOS/c20-17-8-6-16(7-9-17)18(15-4-2-1-3-5-15)19-12-14-10-11-21-13-14/h1-11,13,18-20H,12H2/t18-/m1/s1. The highest BCUT2D eigenvalue weighted by molar-refractivity contribution is 7.07. The minimum absolute atomic E-state index is 0.117. The number of nitrogens with one attached hydrogen (secondary N) is 1. The van der Waals surface area contributed by atoms with Crippen molar-refractivity contribution in [1.82, 2.24) is 5.32 Å². The number of hydrogen-bond donors (Lipinski definition) is 2. The molecule has 0 bridgehead atoms. The van der Waals surface area contributed by atoms with Gasteiger partial charge in [0.05, 0.1) is 6.04 Å². The molecule has 2 N–H and O–H groups in total. The van der Waals surface area contributed by atoms with Crippen molar-refractivity contribution in [2.75, 3.05) is 0 Å². The fourth-order valence-electron chi connectivity index (χ4n) is 2.35. The highest BCUT2D eigenvalue weighted by Gasteiger charge is 2.13. The second-order valence-electron chi connectivity index (χ2n) is 4.95. The van der Waals surface area contributed by atoms with Crippen LogP contribution in [0.4, 0.5) is 0 Å². The van der Waals surface area contributed by atoms with Gasteiger partial charge in [-0.2, -0.15) is 11.3 Å². The molecule has 0 radical (unpaired) electrons. The van der Waals surface area contributed by atoms with Gasteiger partial charge in [-0.05, 0) is 45.6 Å². The number of benzene rings is 2. The van der Waals surface area contributed by atoms with Crippen LogP contribution in [-0.2, 0) is 6.54 Å². The Balaban J connectivity index is 1.85. The van der Waals surface area contributed by atoms with Gasteiger partial charge in [-0.3, -0.25) is 0 Å². The zero-order valence-corrected chi connectivity index (χ0v) is 12.4. The minimum Gasteiger partial charge on any atom is -0.508 e.